The molecule has 14 heavy (non-hydrogen) atoms. The predicted octanol–water partition coefficient (Wildman–Crippen LogP) is 2.93. The summed E-state index contributed by atoms with van der Waals surface area (Å²) in [5, 5.41) is 5.71. The molecule has 0 amide bonds. The van der Waals surface area contributed by atoms with Crippen molar-refractivity contribution < 1.29 is 0 Å². The van der Waals surface area contributed by atoms with Gasteiger partial charge in [-0.2, -0.15) is 0 Å². The Morgan fingerprint density at radius 3 is 3.07 bits per heavy atom. The van der Waals surface area contributed by atoms with E-state index in [1.807, 2.05) is 11.3 Å². The molecule has 1 aromatic rings. The molecule has 1 N–H and O–H groups in total. The topological polar surface area (TPSA) is 12.0 Å². The smallest absolute Gasteiger partial charge is 0.00578 e. The highest BCUT2D eigenvalue weighted by Crippen LogP contribution is 2.35. The summed E-state index contributed by atoms with van der Waals surface area (Å²) >= 11 is 1.86. The van der Waals surface area contributed by atoms with Gasteiger partial charge < -0.3 is 5.32 Å². The predicted molar refractivity (Wildman–Crippen MR) is 62.8 cm³/mol. The molecular weight excluding hydrogens is 190 g/mol. The summed E-state index contributed by atoms with van der Waals surface area (Å²) in [6.07, 6.45) is 4.12. The molecule has 0 aliphatic heterocycles. The molecule has 78 valence electrons. The first kappa shape index (κ1) is 10.2. The lowest BCUT2D eigenvalue weighted by Gasteiger charge is -2.10. The first-order chi connectivity index (χ1) is 6.86. The van der Waals surface area contributed by atoms with Crippen LogP contribution in [0.25, 0.3) is 0 Å². The molecule has 1 atom stereocenters. The molecular formula is C12H19NS. The normalized spacial score (nSPS) is 18.4. The highest BCUT2D eigenvalue weighted by molar-refractivity contribution is 7.09. The van der Waals surface area contributed by atoms with Crippen LogP contribution in [0.4, 0.5) is 0 Å². The monoisotopic (exact) mass is 209 g/mol. The summed E-state index contributed by atoms with van der Waals surface area (Å²) in [6.45, 7) is 4.71. The number of thiophene rings is 1. The Morgan fingerprint density at radius 1 is 1.57 bits per heavy atom. The molecule has 1 saturated carbocycles. The zero-order chi connectivity index (χ0) is 9.80. The first-order valence-electron chi connectivity index (χ1n) is 5.59. The van der Waals surface area contributed by atoms with Crippen molar-refractivity contribution in [3.8, 4) is 0 Å². The summed E-state index contributed by atoms with van der Waals surface area (Å²) in [5.74, 6) is 1.92. The van der Waals surface area contributed by atoms with E-state index >= 15 is 0 Å². The maximum absolute atomic E-state index is 3.55. The number of rotatable bonds is 6. The van der Waals surface area contributed by atoms with Crippen LogP contribution >= 0.6 is 11.3 Å². The van der Waals surface area contributed by atoms with Crippen LogP contribution in [0.2, 0.25) is 0 Å². The van der Waals surface area contributed by atoms with E-state index in [9.17, 15) is 0 Å². The van der Waals surface area contributed by atoms with Gasteiger partial charge in [0, 0.05) is 4.88 Å². The lowest BCUT2D eigenvalue weighted by molar-refractivity contribution is 0.464. The van der Waals surface area contributed by atoms with Crippen LogP contribution < -0.4 is 5.32 Å². The average molecular weight is 209 g/mol. The van der Waals surface area contributed by atoms with Gasteiger partial charge in [-0.05, 0) is 55.6 Å². The molecule has 2 rings (SSSR count). The van der Waals surface area contributed by atoms with E-state index in [0.717, 1.165) is 18.4 Å². The summed E-state index contributed by atoms with van der Waals surface area (Å²) < 4.78 is 0. The SMILES string of the molecule is CC(CNCCc1cccs1)C1CC1. The van der Waals surface area contributed by atoms with Crippen molar-refractivity contribution in [2.24, 2.45) is 11.8 Å². The van der Waals surface area contributed by atoms with Crippen LogP contribution in [-0.4, -0.2) is 13.1 Å². The van der Waals surface area contributed by atoms with Crippen molar-refractivity contribution in [2.75, 3.05) is 13.1 Å². The molecule has 0 aromatic carbocycles. The van der Waals surface area contributed by atoms with Crippen molar-refractivity contribution in [1.82, 2.24) is 5.32 Å². The van der Waals surface area contributed by atoms with Gasteiger partial charge in [0.15, 0.2) is 0 Å². The van der Waals surface area contributed by atoms with Gasteiger partial charge in [-0.3, -0.25) is 0 Å². The van der Waals surface area contributed by atoms with Crippen molar-refractivity contribution in [1.29, 1.82) is 0 Å². The van der Waals surface area contributed by atoms with Gasteiger partial charge >= 0.3 is 0 Å². The van der Waals surface area contributed by atoms with E-state index in [-0.39, 0.29) is 0 Å². The summed E-state index contributed by atoms with van der Waals surface area (Å²) in [5.41, 5.74) is 0. The van der Waals surface area contributed by atoms with Crippen molar-refractivity contribution in [3.05, 3.63) is 22.4 Å². The zero-order valence-corrected chi connectivity index (χ0v) is 9.65. The van der Waals surface area contributed by atoms with Crippen LogP contribution in [0.15, 0.2) is 17.5 Å². The third kappa shape index (κ3) is 3.10. The molecule has 1 fully saturated rings. The van der Waals surface area contributed by atoms with Crippen molar-refractivity contribution in [3.63, 3.8) is 0 Å². The molecule has 1 nitrogen and oxygen atoms in total. The quantitative estimate of drug-likeness (QED) is 0.710. The molecule has 0 saturated heterocycles. The second kappa shape index (κ2) is 4.94. The van der Waals surface area contributed by atoms with Gasteiger partial charge in [-0.15, -0.1) is 11.3 Å². The van der Waals surface area contributed by atoms with Gasteiger partial charge in [0.05, 0.1) is 0 Å². The Morgan fingerprint density at radius 2 is 2.43 bits per heavy atom. The Kier molecular flexibility index (Phi) is 3.60. The molecule has 2 heteroatoms. The zero-order valence-electron chi connectivity index (χ0n) is 8.83. The lowest BCUT2D eigenvalue weighted by Crippen LogP contribution is -2.24. The van der Waals surface area contributed by atoms with E-state index in [1.54, 1.807) is 0 Å². The number of nitrogens with one attached hydrogen (secondary N) is 1. The highest BCUT2D eigenvalue weighted by atomic mass is 32.1. The van der Waals surface area contributed by atoms with Crippen LogP contribution in [0.3, 0.4) is 0 Å². The van der Waals surface area contributed by atoms with Gasteiger partial charge in [0.2, 0.25) is 0 Å². The Bertz CT molecular complexity index is 251. The molecule has 1 aliphatic carbocycles. The van der Waals surface area contributed by atoms with Crippen LogP contribution in [0, 0.1) is 11.8 Å². The number of hydrogen-bond acceptors (Lipinski definition) is 2. The first-order valence-corrected chi connectivity index (χ1v) is 6.47. The van der Waals surface area contributed by atoms with E-state index < -0.39 is 0 Å². The molecule has 1 unspecified atom stereocenters. The minimum atomic E-state index is 0.887. The van der Waals surface area contributed by atoms with Gasteiger partial charge in [0.1, 0.15) is 0 Å². The average Bonchev–Trinajstić information content (AvgIpc) is 2.92. The Hall–Kier alpha value is -0.340. The maximum atomic E-state index is 3.55. The minimum Gasteiger partial charge on any atom is -0.316 e. The van der Waals surface area contributed by atoms with Gasteiger partial charge in [-0.1, -0.05) is 13.0 Å². The third-order valence-electron chi connectivity index (χ3n) is 3.02. The summed E-state index contributed by atoms with van der Waals surface area (Å²) in [7, 11) is 0. The Labute approximate surface area is 90.5 Å². The molecule has 0 radical (unpaired) electrons. The highest BCUT2D eigenvalue weighted by Gasteiger charge is 2.27. The summed E-state index contributed by atoms with van der Waals surface area (Å²) in [6, 6.07) is 4.35. The molecule has 1 heterocycles. The second-order valence-corrected chi connectivity index (χ2v) is 5.38. The fraction of sp³-hybridized carbons (Fsp3) is 0.667. The van der Waals surface area contributed by atoms with Crippen molar-refractivity contribution >= 4 is 11.3 Å². The molecule has 1 aromatic heterocycles. The standard InChI is InChI=1S/C12H19NS/c1-10(11-4-5-11)9-13-7-6-12-3-2-8-14-12/h2-3,8,10-11,13H,4-7,9H2,1H3. The summed E-state index contributed by atoms with van der Waals surface area (Å²) in [4.78, 5) is 1.50. The number of hydrogen-bond donors (Lipinski definition) is 1. The fourth-order valence-electron chi connectivity index (χ4n) is 1.83. The largest absolute Gasteiger partial charge is 0.316 e. The second-order valence-electron chi connectivity index (χ2n) is 4.35. The van der Waals surface area contributed by atoms with E-state index in [2.05, 4.69) is 29.8 Å². The van der Waals surface area contributed by atoms with Crippen LogP contribution in [0.5, 0.6) is 0 Å². The molecule has 1 aliphatic rings. The maximum Gasteiger partial charge on any atom is 0.00578 e. The van der Waals surface area contributed by atoms with Crippen molar-refractivity contribution in [2.45, 2.75) is 26.2 Å². The lowest BCUT2D eigenvalue weighted by atomic mass is 10.1. The molecule has 0 bridgehead atoms. The van der Waals surface area contributed by atoms with Gasteiger partial charge in [0.25, 0.3) is 0 Å². The minimum absolute atomic E-state index is 0.887. The third-order valence-corrected chi connectivity index (χ3v) is 3.96. The molecule has 0 spiro atoms. The van der Waals surface area contributed by atoms with E-state index in [1.165, 1.54) is 30.7 Å². The Balaban J connectivity index is 1.54. The van der Waals surface area contributed by atoms with E-state index in [0.29, 0.717) is 0 Å². The van der Waals surface area contributed by atoms with Crippen LogP contribution in [0.1, 0.15) is 24.6 Å². The van der Waals surface area contributed by atoms with E-state index in [4.69, 9.17) is 0 Å². The van der Waals surface area contributed by atoms with Crippen LogP contribution in [-0.2, 0) is 6.42 Å². The fourth-order valence-corrected chi connectivity index (χ4v) is 2.54. The van der Waals surface area contributed by atoms with Gasteiger partial charge in [-0.25, -0.2) is 0 Å².